The van der Waals surface area contributed by atoms with Crippen LogP contribution in [0.15, 0.2) is 127 Å². The number of rotatable bonds is 7. The fraction of sp³-hybridized carbons (Fsp3) is 0.135. The Balaban J connectivity index is 1.96. The highest BCUT2D eigenvalue weighted by atomic mass is 15.1. The highest BCUT2D eigenvalue weighted by molar-refractivity contribution is 7.00. The Morgan fingerprint density at radius 2 is 0.949 bits per heavy atom. The maximum Gasteiger partial charge on any atom is 0.242 e. The van der Waals surface area contributed by atoms with E-state index < -0.39 is 0 Å². The molecule has 0 aliphatic heterocycles. The van der Waals surface area contributed by atoms with Crippen molar-refractivity contribution in [3.8, 4) is 0 Å². The van der Waals surface area contributed by atoms with Gasteiger partial charge in [0.15, 0.2) is 0 Å². The fourth-order valence-electron chi connectivity index (χ4n) is 5.37. The number of aryl methyl sites for hydroxylation is 3. The first-order valence-electron chi connectivity index (χ1n) is 13.7. The lowest BCUT2D eigenvalue weighted by Gasteiger charge is -2.27. The van der Waals surface area contributed by atoms with Gasteiger partial charge < -0.3 is 4.90 Å². The molecule has 5 aromatic carbocycles. The van der Waals surface area contributed by atoms with Crippen LogP contribution in [0.4, 0.5) is 5.69 Å². The third-order valence-electron chi connectivity index (χ3n) is 7.46. The molecule has 0 heterocycles. The Kier molecular flexibility index (Phi) is 7.84. The molecule has 0 saturated heterocycles. The number of nitrogens with zero attached hydrogens (tertiary/aromatic N) is 1. The number of hydrogen-bond donors (Lipinski definition) is 0. The molecule has 0 fully saturated rings. The monoisotopic (exact) mass is 505 g/mol. The molecule has 2 heteroatoms. The third kappa shape index (κ3) is 5.76. The van der Waals surface area contributed by atoms with Crippen molar-refractivity contribution in [2.75, 3.05) is 19.0 Å². The van der Waals surface area contributed by atoms with E-state index in [1.165, 1.54) is 61.0 Å². The van der Waals surface area contributed by atoms with Gasteiger partial charge in [-0.15, -0.1) is 0 Å². The molecule has 0 amide bonds. The smallest absolute Gasteiger partial charge is 0.242 e. The van der Waals surface area contributed by atoms with Crippen molar-refractivity contribution in [2.24, 2.45) is 0 Å². The Morgan fingerprint density at radius 1 is 0.487 bits per heavy atom. The molecule has 0 N–H and O–H groups in total. The first-order valence-corrected chi connectivity index (χ1v) is 13.7. The maximum absolute atomic E-state index is 2.30. The molecule has 0 aromatic heterocycles. The number of anilines is 1. The lowest BCUT2D eigenvalue weighted by Crippen LogP contribution is -2.44. The molecular formula is C37H36BN. The van der Waals surface area contributed by atoms with Crippen molar-refractivity contribution >= 4 is 34.4 Å². The third-order valence-corrected chi connectivity index (χ3v) is 7.46. The summed E-state index contributed by atoms with van der Waals surface area (Å²) >= 11 is 0. The minimum atomic E-state index is 0.0410. The standard InChI is InChI=1S/C37H36BN/c1-27-15-21-31(22-16-27)37(38(32-23-17-28(2)18-24-32)33-25-19-29(3)20-26-33)36(30-11-7-6-8-12-30)34-13-9-10-14-35(34)39(4)5/h6-26H,1-5H3/b37-36-. The van der Waals surface area contributed by atoms with Gasteiger partial charge in [-0.3, -0.25) is 0 Å². The summed E-state index contributed by atoms with van der Waals surface area (Å²) in [5, 5.41) is 0. The second-order valence-electron chi connectivity index (χ2n) is 10.7. The van der Waals surface area contributed by atoms with E-state index in [1.54, 1.807) is 0 Å². The summed E-state index contributed by atoms with van der Waals surface area (Å²) in [6.45, 7) is 6.51. The van der Waals surface area contributed by atoms with Crippen LogP contribution in [-0.4, -0.2) is 20.8 Å². The van der Waals surface area contributed by atoms with Gasteiger partial charge in [0.2, 0.25) is 6.71 Å². The molecule has 0 bridgehead atoms. The van der Waals surface area contributed by atoms with Crippen LogP contribution in [-0.2, 0) is 0 Å². The summed E-state index contributed by atoms with van der Waals surface area (Å²) in [5.74, 6) is 0. The molecular weight excluding hydrogens is 469 g/mol. The van der Waals surface area contributed by atoms with Gasteiger partial charge in [-0.1, -0.05) is 154 Å². The van der Waals surface area contributed by atoms with Crippen LogP contribution in [0.1, 0.15) is 33.4 Å². The average Bonchev–Trinajstić information content (AvgIpc) is 2.96. The van der Waals surface area contributed by atoms with Gasteiger partial charge in [-0.05, 0) is 43.5 Å². The molecule has 5 aromatic rings. The predicted molar refractivity (Wildman–Crippen MR) is 172 cm³/mol. The van der Waals surface area contributed by atoms with Crippen LogP contribution in [0.25, 0.3) is 11.0 Å². The van der Waals surface area contributed by atoms with Crippen LogP contribution < -0.4 is 15.8 Å². The largest absolute Gasteiger partial charge is 0.377 e. The van der Waals surface area contributed by atoms with E-state index in [0.29, 0.717) is 0 Å². The normalized spacial score (nSPS) is 11.6. The van der Waals surface area contributed by atoms with Crippen LogP contribution in [0.2, 0.25) is 0 Å². The minimum absolute atomic E-state index is 0.0410. The van der Waals surface area contributed by atoms with E-state index in [4.69, 9.17) is 0 Å². The van der Waals surface area contributed by atoms with Gasteiger partial charge in [0.05, 0.1) is 0 Å². The molecule has 0 aliphatic rings. The first-order chi connectivity index (χ1) is 18.9. The van der Waals surface area contributed by atoms with E-state index in [0.717, 1.165) is 0 Å². The highest BCUT2D eigenvalue weighted by Gasteiger charge is 2.30. The number of hydrogen-bond acceptors (Lipinski definition) is 1. The zero-order valence-corrected chi connectivity index (χ0v) is 23.6. The molecule has 0 aliphatic carbocycles. The van der Waals surface area contributed by atoms with Crippen LogP contribution in [0.3, 0.4) is 0 Å². The molecule has 1 nitrogen and oxygen atoms in total. The van der Waals surface area contributed by atoms with Crippen molar-refractivity contribution in [1.82, 2.24) is 0 Å². The lowest BCUT2D eigenvalue weighted by atomic mass is 9.34. The minimum Gasteiger partial charge on any atom is -0.377 e. The molecule has 39 heavy (non-hydrogen) atoms. The summed E-state index contributed by atoms with van der Waals surface area (Å²) in [6.07, 6.45) is 0. The van der Waals surface area contributed by atoms with Gasteiger partial charge in [0.25, 0.3) is 0 Å². The summed E-state index contributed by atoms with van der Waals surface area (Å²) in [6, 6.07) is 46.9. The Morgan fingerprint density at radius 3 is 1.46 bits per heavy atom. The zero-order chi connectivity index (χ0) is 27.4. The van der Waals surface area contributed by atoms with Crippen molar-refractivity contribution in [2.45, 2.75) is 20.8 Å². The van der Waals surface area contributed by atoms with E-state index >= 15 is 0 Å². The second-order valence-corrected chi connectivity index (χ2v) is 10.7. The van der Waals surface area contributed by atoms with Crippen molar-refractivity contribution in [3.05, 3.63) is 161 Å². The maximum atomic E-state index is 2.30. The van der Waals surface area contributed by atoms with Crippen LogP contribution in [0, 0.1) is 20.8 Å². The van der Waals surface area contributed by atoms with Gasteiger partial charge in [-0.25, -0.2) is 0 Å². The van der Waals surface area contributed by atoms with E-state index in [2.05, 4.69) is 167 Å². The van der Waals surface area contributed by atoms with E-state index in [-0.39, 0.29) is 6.71 Å². The van der Waals surface area contributed by atoms with Crippen molar-refractivity contribution in [1.29, 1.82) is 0 Å². The SMILES string of the molecule is Cc1ccc(B(/C(=C(/c2ccccc2)c2ccccc2N(C)C)c2ccc(C)cc2)c2ccc(C)cc2)cc1. The summed E-state index contributed by atoms with van der Waals surface area (Å²) < 4.78 is 0. The van der Waals surface area contributed by atoms with Gasteiger partial charge in [0, 0.05) is 25.3 Å². The molecule has 0 radical (unpaired) electrons. The highest BCUT2D eigenvalue weighted by Crippen LogP contribution is 2.38. The predicted octanol–water partition coefficient (Wildman–Crippen LogP) is 7.49. The van der Waals surface area contributed by atoms with Gasteiger partial charge >= 0.3 is 0 Å². The van der Waals surface area contributed by atoms with E-state index in [9.17, 15) is 0 Å². The summed E-state index contributed by atoms with van der Waals surface area (Å²) in [7, 11) is 4.26. The topological polar surface area (TPSA) is 3.24 Å². The van der Waals surface area contributed by atoms with Gasteiger partial charge in [0.1, 0.15) is 0 Å². The first kappa shape index (κ1) is 26.3. The molecule has 0 spiro atoms. The Labute approximate surface area is 234 Å². The average molecular weight is 506 g/mol. The van der Waals surface area contributed by atoms with Gasteiger partial charge in [-0.2, -0.15) is 0 Å². The molecule has 0 unspecified atom stereocenters. The lowest BCUT2D eigenvalue weighted by molar-refractivity contribution is 1.13. The Bertz CT molecular complexity index is 1520. The Hall–Kier alpha value is -4.30. The van der Waals surface area contributed by atoms with Crippen LogP contribution >= 0.6 is 0 Å². The van der Waals surface area contributed by atoms with Crippen LogP contribution in [0.5, 0.6) is 0 Å². The van der Waals surface area contributed by atoms with Crippen molar-refractivity contribution < 1.29 is 0 Å². The fourth-order valence-corrected chi connectivity index (χ4v) is 5.37. The van der Waals surface area contributed by atoms with E-state index in [1.807, 2.05) is 0 Å². The number of benzene rings is 5. The molecule has 0 saturated carbocycles. The quantitative estimate of drug-likeness (QED) is 0.164. The molecule has 192 valence electrons. The summed E-state index contributed by atoms with van der Waals surface area (Å²) in [4.78, 5) is 2.22. The molecule has 0 atom stereocenters. The van der Waals surface area contributed by atoms with Crippen molar-refractivity contribution in [3.63, 3.8) is 0 Å². The molecule has 5 rings (SSSR count). The second kappa shape index (κ2) is 11.6. The summed E-state index contributed by atoms with van der Waals surface area (Å²) in [5.41, 5.74) is 13.8. The zero-order valence-electron chi connectivity index (χ0n) is 23.6. The number of para-hydroxylation sites is 1.